The Labute approximate surface area is 117 Å². The lowest BCUT2D eigenvalue weighted by Gasteiger charge is -2.11. The van der Waals surface area contributed by atoms with Crippen molar-refractivity contribution >= 4 is 6.29 Å². The molecular formula is C16H16O4. The molecule has 4 heteroatoms. The Morgan fingerprint density at radius 3 is 2.45 bits per heavy atom. The SMILES string of the molecule is Cc1cc(OCc2ccc(C=O)c(O)c2)c(C)cc1O. The molecule has 0 amide bonds. The van der Waals surface area contributed by atoms with Gasteiger partial charge in [-0.05, 0) is 54.8 Å². The van der Waals surface area contributed by atoms with Crippen LogP contribution >= 0.6 is 0 Å². The summed E-state index contributed by atoms with van der Waals surface area (Å²) < 4.78 is 5.68. The zero-order chi connectivity index (χ0) is 14.7. The zero-order valence-corrected chi connectivity index (χ0v) is 11.4. The van der Waals surface area contributed by atoms with Crippen molar-refractivity contribution in [2.45, 2.75) is 20.5 Å². The molecule has 0 atom stereocenters. The molecule has 0 bridgehead atoms. The Hall–Kier alpha value is -2.49. The predicted octanol–water partition coefficient (Wildman–Crippen LogP) is 3.11. The van der Waals surface area contributed by atoms with Crippen molar-refractivity contribution in [3.63, 3.8) is 0 Å². The second-order valence-electron chi connectivity index (χ2n) is 4.70. The van der Waals surface area contributed by atoms with Gasteiger partial charge in [0.2, 0.25) is 0 Å². The van der Waals surface area contributed by atoms with Crippen LogP contribution in [0, 0.1) is 13.8 Å². The van der Waals surface area contributed by atoms with Crippen molar-refractivity contribution in [2.24, 2.45) is 0 Å². The number of aldehydes is 1. The van der Waals surface area contributed by atoms with E-state index in [0.29, 0.717) is 12.0 Å². The highest BCUT2D eigenvalue weighted by Gasteiger charge is 2.06. The number of carbonyl (C=O) groups excluding carboxylic acids is 1. The Balaban J connectivity index is 2.14. The van der Waals surface area contributed by atoms with Crippen LogP contribution in [0.1, 0.15) is 27.0 Å². The van der Waals surface area contributed by atoms with Crippen molar-refractivity contribution in [3.05, 3.63) is 52.6 Å². The maximum absolute atomic E-state index is 10.6. The quantitative estimate of drug-likeness (QED) is 0.839. The second-order valence-corrected chi connectivity index (χ2v) is 4.70. The van der Waals surface area contributed by atoms with E-state index in [0.717, 1.165) is 16.7 Å². The molecule has 0 aliphatic heterocycles. The Kier molecular flexibility index (Phi) is 3.94. The molecule has 0 saturated heterocycles. The summed E-state index contributed by atoms with van der Waals surface area (Å²) in [5, 5.41) is 19.2. The summed E-state index contributed by atoms with van der Waals surface area (Å²) in [6.07, 6.45) is 0.605. The molecule has 0 saturated carbocycles. The molecule has 0 radical (unpaired) electrons. The number of hydrogen-bond donors (Lipinski definition) is 2. The molecule has 0 aliphatic rings. The van der Waals surface area contributed by atoms with Gasteiger partial charge in [0.05, 0.1) is 5.56 Å². The van der Waals surface area contributed by atoms with E-state index >= 15 is 0 Å². The van der Waals surface area contributed by atoms with Crippen molar-refractivity contribution < 1.29 is 19.7 Å². The number of carbonyl (C=O) groups is 1. The fourth-order valence-corrected chi connectivity index (χ4v) is 1.87. The van der Waals surface area contributed by atoms with Gasteiger partial charge in [0.15, 0.2) is 6.29 Å². The van der Waals surface area contributed by atoms with E-state index in [2.05, 4.69) is 0 Å². The number of phenolic OH excluding ortho intramolecular Hbond substituents is 2. The van der Waals surface area contributed by atoms with E-state index < -0.39 is 0 Å². The lowest BCUT2D eigenvalue weighted by atomic mass is 10.1. The summed E-state index contributed by atoms with van der Waals surface area (Å²) >= 11 is 0. The first kappa shape index (κ1) is 13.9. The fraction of sp³-hybridized carbons (Fsp3) is 0.188. The van der Waals surface area contributed by atoms with Crippen molar-refractivity contribution in [1.82, 2.24) is 0 Å². The first-order chi connectivity index (χ1) is 9.51. The maximum atomic E-state index is 10.6. The van der Waals surface area contributed by atoms with Crippen LogP contribution in [0.2, 0.25) is 0 Å². The van der Waals surface area contributed by atoms with E-state index in [1.165, 1.54) is 6.07 Å². The van der Waals surface area contributed by atoms with Crippen LogP contribution in [0.4, 0.5) is 0 Å². The van der Waals surface area contributed by atoms with Gasteiger partial charge in [-0.1, -0.05) is 6.07 Å². The summed E-state index contributed by atoms with van der Waals surface area (Å²) in [5.74, 6) is 0.863. The fourth-order valence-electron chi connectivity index (χ4n) is 1.87. The summed E-state index contributed by atoms with van der Waals surface area (Å²) in [6.45, 7) is 3.92. The van der Waals surface area contributed by atoms with Gasteiger partial charge in [-0.3, -0.25) is 4.79 Å². The summed E-state index contributed by atoms with van der Waals surface area (Å²) in [5.41, 5.74) is 2.59. The molecule has 0 aromatic heterocycles. The molecule has 0 fully saturated rings. The lowest BCUT2D eigenvalue weighted by Crippen LogP contribution is -1.98. The number of benzene rings is 2. The largest absolute Gasteiger partial charge is 0.508 e. The predicted molar refractivity (Wildman–Crippen MR) is 75.4 cm³/mol. The zero-order valence-electron chi connectivity index (χ0n) is 11.4. The Morgan fingerprint density at radius 2 is 1.80 bits per heavy atom. The van der Waals surface area contributed by atoms with Gasteiger partial charge in [0, 0.05) is 0 Å². The topological polar surface area (TPSA) is 66.8 Å². The van der Waals surface area contributed by atoms with Gasteiger partial charge in [-0.15, -0.1) is 0 Å². The molecular weight excluding hydrogens is 256 g/mol. The first-order valence-corrected chi connectivity index (χ1v) is 6.21. The maximum Gasteiger partial charge on any atom is 0.153 e. The molecule has 0 unspecified atom stereocenters. The minimum Gasteiger partial charge on any atom is -0.508 e. The number of hydrogen-bond acceptors (Lipinski definition) is 4. The van der Waals surface area contributed by atoms with Crippen LogP contribution in [-0.2, 0) is 6.61 Å². The van der Waals surface area contributed by atoms with E-state index in [4.69, 9.17) is 4.74 Å². The van der Waals surface area contributed by atoms with Crippen LogP contribution in [0.5, 0.6) is 17.2 Å². The molecule has 20 heavy (non-hydrogen) atoms. The summed E-state index contributed by atoms with van der Waals surface area (Å²) in [4.78, 5) is 10.6. The average Bonchev–Trinajstić information content (AvgIpc) is 2.41. The highest BCUT2D eigenvalue weighted by molar-refractivity contribution is 5.79. The monoisotopic (exact) mass is 272 g/mol. The second kappa shape index (κ2) is 5.65. The number of ether oxygens (including phenoxy) is 1. The van der Waals surface area contributed by atoms with Crippen molar-refractivity contribution in [3.8, 4) is 17.2 Å². The number of aromatic hydroxyl groups is 2. The third-order valence-corrected chi connectivity index (χ3v) is 3.11. The average molecular weight is 272 g/mol. The van der Waals surface area contributed by atoms with Crippen LogP contribution in [0.3, 0.4) is 0 Å². The third-order valence-electron chi connectivity index (χ3n) is 3.11. The third kappa shape index (κ3) is 2.91. The lowest BCUT2D eigenvalue weighted by molar-refractivity contribution is 0.112. The molecule has 0 spiro atoms. The van der Waals surface area contributed by atoms with Gasteiger partial charge in [0.25, 0.3) is 0 Å². The first-order valence-electron chi connectivity index (χ1n) is 6.21. The summed E-state index contributed by atoms with van der Waals surface area (Å²) in [7, 11) is 0. The van der Waals surface area contributed by atoms with Crippen LogP contribution in [0.15, 0.2) is 30.3 Å². The standard InChI is InChI=1S/C16H16O4/c1-10-6-16(11(2)5-14(10)18)20-9-12-3-4-13(8-17)15(19)7-12/h3-8,18-19H,9H2,1-2H3. The van der Waals surface area contributed by atoms with Gasteiger partial charge in [-0.25, -0.2) is 0 Å². The van der Waals surface area contributed by atoms with Crippen molar-refractivity contribution in [1.29, 1.82) is 0 Å². The minimum atomic E-state index is -0.0558. The molecule has 2 aromatic rings. The minimum absolute atomic E-state index is 0.0558. The van der Waals surface area contributed by atoms with Gasteiger partial charge in [0.1, 0.15) is 23.9 Å². The molecule has 0 heterocycles. The number of rotatable bonds is 4. The van der Waals surface area contributed by atoms with E-state index in [1.807, 2.05) is 6.92 Å². The van der Waals surface area contributed by atoms with Gasteiger partial charge < -0.3 is 14.9 Å². The molecule has 104 valence electrons. The van der Waals surface area contributed by atoms with Gasteiger partial charge in [-0.2, -0.15) is 0 Å². The van der Waals surface area contributed by atoms with Crippen molar-refractivity contribution in [2.75, 3.05) is 0 Å². The molecule has 2 N–H and O–H groups in total. The summed E-state index contributed by atoms with van der Waals surface area (Å²) in [6, 6.07) is 8.20. The molecule has 0 aliphatic carbocycles. The molecule has 4 nitrogen and oxygen atoms in total. The Morgan fingerprint density at radius 1 is 1.05 bits per heavy atom. The highest BCUT2D eigenvalue weighted by Crippen LogP contribution is 2.27. The smallest absolute Gasteiger partial charge is 0.153 e. The molecule has 2 aromatic carbocycles. The van der Waals surface area contributed by atoms with E-state index in [1.54, 1.807) is 31.2 Å². The van der Waals surface area contributed by atoms with E-state index in [9.17, 15) is 15.0 Å². The highest BCUT2D eigenvalue weighted by atomic mass is 16.5. The Bertz CT molecular complexity index is 647. The number of phenols is 2. The van der Waals surface area contributed by atoms with Crippen LogP contribution < -0.4 is 4.74 Å². The van der Waals surface area contributed by atoms with Crippen LogP contribution in [-0.4, -0.2) is 16.5 Å². The van der Waals surface area contributed by atoms with Gasteiger partial charge >= 0.3 is 0 Å². The number of aryl methyl sites for hydroxylation is 2. The van der Waals surface area contributed by atoms with Crippen LogP contribution in [0.25, 0.3) is 0 Å². The van der Waals surface area contributed by atoms with E-state index in [-0.39, 0.29) is 23.7 Å². The normalized spacial score (nSPS) is 10.3. The molecule has 2 rings (SSSR count).